The standard InChI is InChI=1S/C20H15N5O4/c1-13-5-2-3-6-18(13)29-16-10-14(9-15(11-16)25(27)28)22-20(26)17-12-19-21-7-4-8-24(19)23-17/h2-12H,1H3,(H,22,26). The third-order valence-corrected chi connectivity index (χ3v) is 4.15. The first-order valence-corrected chi connectivity index (χ1v) is 8.64. The number of nitrogens with one attached hydrogen (secondary N) is 1. The molecule has 2 heterocycles. The fourth-order valence-corrected chi connectivity index (χ4v) is 2.75. The van der Waals surface area contributed by atoms with Gasteiger partial charge in [-0.1, -0.05) is 18.2 Å². The van der Waals surface area contributed by atoms with E-state index in [1.165, 1.54) is 28.8 Å². The number of hydrogen-bond acceptors (Lipinski definition) is 6. The van der Waals surface area contributed by atoms with Crippen molar-refractivity contribution in [3.8, 4) is 11.5 Å². The van der Waals surface area contributed by atoms with Crippen LogP contribution in [0.2, 0.25) is 0 Å². The van der Waals surface area contributed by atoms with Gasteiger partial charge in [0.2, 0.25) is 0 Å². The number of ether oxygens (including phenoxy) is 1. The third-order valence-electron chi connectivity index (χ3n) is 4.15. The molecule has 0 saturated carbocycles. The number of carbonyl (C=O) groups is 1. The second kappa shape index (κ2) is 7.39. The predicted octanol–water partition coefficient (Wildman–Crippen LogP) is 3.99. The van der Waals surface area contributed by atoms with Crippen LogP contribution in [0.4, 0.5) is 11.4 Å². The van der Waals surface area contributed by atoms with Gasteiger partial charge in [-0.3, -0.25) is 14.9 Å². The molecule has 29 heavy (non-hydrogen) atoms. The van der Waals surface area contributed by atoms with Gasteiger partial charge in [0.05, 0.1) is 16.7 Å². The molecule has 9 nitrogen and oxygen atoms in total. The number of hydrogen-bond donors (Lipinski definition) is 1. The maximum Gasteiger partial charge on any atom is 0.276 e. The van der Waals surface area contributed by atoms with Crippen LogP contribution in [-0.2, 0) is 0 Å². The minimum absolute atomic E-state index is 0.136. The molecule has 0 bridgehead atoms. The molecule has 0 spiro atoms. The van der Waals surface area contributed by atoms with Crippen LogP contribution in [0, 0.1) is 17.0 Å². The number of aryl methyl sites for hydroxylation is 1. The highest BCUT2D eigenvalue weighted by molar-refractivity contribution is 6.03. The summed E-state index contributed by atoms with van der Waals surface area (Å²) in [7, 11) is 0. The van der Waals surface area contributed by atoms with Gasteiger partial charge in [-0.2, -0.15) is 5.10 Å². The van der Waals surface area contributed by atoms with Crippen LogP contribution in [0.1, 0.15) is 16.1 Å². The largest absolute Gasteiger partial charge is 0.457 e. The van der Waals surface area contributed by atoms with Crippen LogP contribution >= 0.6 is 0 Å². The normalized spacial score (nSPS) is 10.7. The van der Waals surface area contributed by atoms with Crippen LogP contribution < -0.4 is 10.1 Å². The summed E-state index contributed by atoms with van der Waals surface area (Å²) in [4.78, 5) is 27.4. The Morgan fingerprint density at radius 2 is 2.00 bits per heavy atom. The summed E-state index contributed by atoms with van der Waals surface area (Å²) < 4.78 is 7.26. The maximum absolute atomic E-state index is 12.6. The number of amides is 1. The molecule has 1 N–H and O–H groups in total. The number of fused-ring (bicyclic) bond motifs is 1. The van der Waals surface area contributed by atoms with Crippen molar-refractivity contribution in [3.63, 3.8) is 0 Å². The highest BCUT2D eigenvalue weighted by Gasteiger charge is 2.16. The quantitative estimate of drug-likeness (QED) is 0.408. The SMILES string of the molecule is Cc1ccccc1Oc1cc(NC(=O)c2cc3ncccn3n2)cc([N+](=O)[O-])c1. The van der Waals surface area contributed by atoms with E-state index in [9.17, 15) is 14.9 Å². The Morgan fingerprint density at radius 1 is 1.17 bits per heavy atom. The molecular formula is C20H15N5O4. The molecule has 9 heteroatoms. The van der Waals surface area contributed by atoms with Gasteiger partial charge in [-0.15, -0.1) is 0 Å². The van der Waals surface area contributed by atoms with Gasteiger partial charge in [0.1, 0.15) is 11.5 Å². The molecule has 0 radical (unpaired) electrons. The van der Waals surface area contributed by atoms with Crippen molar-refractivity contribution in [1.82, 2.24) is 14.6 Å². The minimum Gasteiger partial charge on any atom is -0.457 e. The van der Waals surface area contributed by atoms with Gasteiger partial charge in [-0.05, 0) is 24.6 Å². The van der Waals surface area contributed by atoms with Crippen molar-refractivity contribution in [2.45, 2.75) is 6.92 Å². The van der Waals surface area contributed by atoms with Gasteiger partial charge >= 0.3 is 0 Å². The minimum atomic E-state index is -0.546. The highest BCUT2D eigenvalue weighted by atomic mass is 16.6. The maximum atomic E-state index is 12.6. The van der Waals surface area contributed by atoms with E-state index < -0.39 is 10.8 Å². The topological polar surface area (TPSA) is 112 Å². The lowest BCUT2D eigenvalue weighted by Crippen LogP contribution is -2.13. The van der Waals surface area contributed by atoms with Gasteiger partial charge in [0.15, 0.2) is 11.3 Å². The number of carbonyl (C=O) groups excluding carboxylic acids is 1. The van der Waals surface area contributed by atoms with Crippen LogP contribution in [-0.4, -0.2) is 25.4 Å². The molecule has 1 amide bonds. The second-order valence-electron chi connectivity index (χ2n) is 6.25. The fourth-order valence-electron chi connectivity index (χ4n) is 2.75. The summed E-state index contributed by atoms with van der Waals surface area (Å²) in [6, 6.07) is 14.6. The summed E-state index contributed by atoms with van der Waals surface area (Å²) in [5.41, 5.74) is 1.54. The number of rotatable bonds is 5. The number of non-ortho nitro benzene ring substituents is 1. The van der Waals surface area contributed by atoms with Crippen LogP contribution in [0.15, 0.2) is 67.0 Å². The molecule has 0 atom stereocenters. The van der Waals surface area contributed by atoms with Crippen LogP contribution in [0.5, 0.6) is 11.5 Å². The highest BCUT2D eigenvalue weighted by Crippen LogP contribution is 2.31. The number of para-hydroxylation sites is 1. The Balaban J connectivity index is 1.63. The Bertz CT molecular complexity index is 1200. The zero-order valence-electron chi connectivity index (χ0n) is 15.3. The number of aromatic nitrogens is 3. The summed E-state index contributed by atoms with van der Waals surface area (Å²) in [5, 5.41) is 18.1. The van der Waals surface area contributed by atoms with E-state index in [4.69, 9.17) is 4.74 Å². The molecule has 0 unspecified atom stereocenters. The lowest BCUT2D eigenvalue weighted by Gasteiger charge is -2.10. The Morgan fingerprint density at radius 3 is 2.76 bits per heavy atom. The Kier molecular flexibility index (Phi) is 4.62. The van der Waals surface area contributed by atoms with E-state index in [0.717, 1.165) is 5.56 Å². The molecule has 4 aromatic rings. The zero-order valence-corrected chi connectivity index (χ0v) is 15.3. The molecule has 0 aliphatic heterocycles. The Labute approximate surface area is 164 Å². The molecule has 0 aliphatic rings. The molecule has 2 aromatic heterocycles. The summed E-state index contributed by atoms with van der Waals surface area (Å²) in [6.07, 6.45) is 3.26. The van der Waals surface area contributed by atoms with Crippen molar-refractivity contribution >= 4 is 22.9 Å². The van der Waals surface area contributed by atoms with E-state index in [1.807, 2.05) is 19.1 Å². The first-order chi connectivity index (χ1) is 14.0. The van der Waals surface area contributed by atoms with Crippen LogP contribution in [0.25, 0.3) is 5.65 Å². The molecule has 0 aliphatic carbocycles. The van der Waals surface area contributed by atoms with E-state index >= 15 is 0 Å². The monoisotopic (exact) mass is 389 g/mol. The third kappa shape index (κ3) is 3.88. The fraction of sp³-hybridized carbons (Fsp3) is 0.0500. The lowest BCUT2D eigenvalue weighted by atomic mass is 10.2. The van der Waals surface area contributed by atoms with E-state index in [-0.39, 0.29) is 22.8 Å². The number of nitro benzene ring substituents is 1. The molecule has 0 fully saturated rings. The molecular weight excluding hydrogens is 374 g/mol. The van der Waals surface area contributed by atoms with E-state index in [0.29, 0.717) is 11.4 Å². The van der Waals surface area contributed by atoms with Gasteiger partial charge in [0, 0.05) is 30.6 Å². The summed E-state index contributed by atoms with van der Waals surface area (Å²) >= 11 is 0. The average molecular weight is 389 g/mol. The zero-order chi connectivity index (χ0) is 20.4. The average Bonchev–Trinajstić information content (AvgIpc) is 3.14. The van der Waals surface area contributed by atoms with Gasteiger partial charge in [0.25, 0.3) is 11.6 Å². The van der Waals surface area contributed by atoms with Crippen molar-refractivity contribution in [3.05, 3.63) is 88.4 Å². The first-order valence-electron chi connectivity index (χ1n) is 8.64. The number of benzene rings is 2. The van der Waals surface area contributed by atoms with Crippen LogP contribution in [0.3, 0.4) is 0 Å². The van der Waals surface area contributed by atoms with E-state index in [2.05, 4.69) is 15.4 Å². The van der Waals surface area contributed by atoms with Gasteiger partial charge in [-0.25, -0.2) is 9.50 Å². The number of anilines is 1. The first kappa shape index (κ1) is 18.1. The molecule has 144 valence electrons. The molecule has 0 saturated heterocycles. The number of nitrogens with zero attached hydrogens (tertiary/aromatic N) is 4. The van der Waals surface area contributed by atoms with Gasteiger partial charge < -0.3 is 10.1 Å². The van der Waals surface area contributed by atoms with Crippen molar-refractivity contribution in [2.24, 2.45) is 0 Å². The molecule has 4 rings (SSSR count). The number of nitro groups is 1. The lowest BCUT2D eigenvalue weighted by molar-refractivity contribution is -0.384. The predicted molar refractivity (Wildman–Crippen MR) is 105 cm³/mol. The van der Waals surface area contributed by atoms with Crippen molar-refractivity contribution in [2.75, 3.05) is 5.32 Å². The summed E-state index contributed by atoms with van der Waals surface area (Å²) in [6.45, 7) is 1.87. The van der Waals surface area contributed by atoms with Crippen molar-refractivity contribution in [1.29, 1.82) is 0 Å². The smallest absolute Gasteiger partial charge is 0.276 e. The summed E-state index contributed by atoms with van der Waals surface area (Å²) in [5.74, 6) is 0.287. The Hall–Kier alpha value is -4.27. The van der Waals surface area contributed by atoms with E-state index in [1.54, 1.807) is 30.6 Å². The van der Waals surface area contributed by atoms with Crippen molar-refractivity contribution < 1.29 is 14.5 Å². The second-order valence-corrected chi connectivity index (χ2v) is 6.25. The molecule has 2 aromatic carbocycles.